The zero-order valence-corrected chi connectivity index (χ0v) is 17.0. The van der Waals surface area contributed by atoms with Crippen molar-refractivity contribution < 1.29 is 9.53 Å². The van der Waals surface area contributed by atoms with Gasteiger partial charge in [-0.05, 0) is 23.8 Å². The number of nitrogens with one attached hydrogen (secondary N) is 1. The van der Waals surface area contributed by atoms with Gasteiger partial charge in [0.25, 0.3) is 5.91 Å². The fourth-order valence-corrected chi connectivity index (χ4v) is 3.10. The third kappa shape index (κ3) is 4.76. The van der Waals surface area contributed by atoms with Gasteiger partial charge < -0.3 is 10.1 Å². The molecule has 2 aromatic carbocycles. The molecule has 0 unspecified atom stereocenters. The Morgan fingerprint density at radius 3 is 2.63 bits per heavy atom. The molecule has 0 radical (unpaired) electrons. The van der Waals surface area contributed by atoms with Crippen molar-refractivity contribution in [2.24, 2.45) is 0 Å². The molecule has 0 aliphatic carbocycles. The van der Waals surface area contributed by atoms with Crippen molar-refractivity contribution in [1.29, 1.82) is 0 Å². The van der Waals surface area contributed by atoms with Gasteiger partial charge in [-0.2, -0.15) is 0 Å². The van der Waals surface area contributed by atoms with Crippen LogP contribution in [0.5, 0.6) is 11.6 Å². The summed E-state index contributed by atoms with van der Waals surface area (Å²) in [5.74, 6) is 0.136. The summed E-state index contributed by atoms with van der Waals surface area (Å²) in [5.41, 5.74) is 1.68. The maximum atomic E-state index is 12.7. The molecule has 0 fully saturated rings. The van der Waals surface area contributed by atoms with Gasteiger partial charge in [0, 0.05) is 6.20 Å². The minimum Gasteiger partial charge on any atom is -0.435 e. The van der Waals surface area contributed by atoms with Crippen LogP contribution in [0.2, 0.25) is 10.0 Å². The van der Waals surface area contributed by atoms with Gasteiger partial charge in [0.1, 0.15) is 5.02 Å². The largest absolute Gasteiger partial charge is 0.435 e. The molecule has 1 N–H and O–H groups in total. The van der Waals surface area contributed by atoms with Crippen molar-refractivity contribution >= 4 is 34.8 Å². The third-order valence-electron chi connectivity index (χ3n) is 4.07. The highest BCUT2D eigenvalue weighted by Crippen LogP contribution is 2.33. The molecule has 0 bridgehead atoms. The summed E-state index contributed by atoms with van der Waals surface area (Å²) in [6, 6.07) is 18.2. The summed E-state index contributed by atoms with van der Waals surface area (Å²) in [7, 11) is 0. The van der Waals surface area contributed by atoms with Crippen molar-refractivity contribution in [1.82, 2.24) is 20.0 Å². The number of hydrogen-bond acceptors (Lipinski definition) is 5. The molecule has 2 heterocycles. The Balaban J connectivity index is 1.49. The number of carbonyl (C=O) groups is 1. The highest BCUT2D eigenvalue weighted by Gasteiger charge is 2.15. The number of halogens is 2. The molecule has 0 saturated heterocycles. The van der Waals surface area contributed by atoms with E-state index in [0.717, 1.165) is 5.56 Å². The van der Waals surface area contributed by atoms with E-state index in [1.54, 1.807) is 35.1 Å². The molecule has 0 saturated carbocycles. The van der Waals surface area contributed by atoms with E-state index in [1.165, 1.54) is 12.3 Å². The number of amides is 1. The van der Waals surface area contributed by atoms with Gasteiger partial charge in [0.2, 0.25) is 5.88 Å². The number of rotatable bonds is 6. The first-order chi connectivity index (χ1) is 14.6. The van der Waals surface area contributed by atoms with Crippen LogP contribution in [0.25, 0.3) is 0 Å². The third-order valence-corrected chi connectivity index (χ3v) is 4.55. The minimum atomic E-state index is -0.416. The van der Waals surface area contributed by atoms with E-state index in [4.69, 9.17) is 27.9 Å². The molecule has 0 atom stereocenters. The molecule has 7 nitrogen and oxygen atoms in total. The fourth-order valence-electron chi connectivity index (χ4n) is 2.68. The SMILES string of the molecule is O=C(Nc1ccccc1Oc1ncc(Cl)cc1Cl)c1cn(Cc2ccccc2)nn1. The molecule has 0 aliphatic heterocycles. The average molecular weight is 440 g/mol. The Labute approximate surface area is 182 Å². The Bertz CT molecular complexity index is 1180. The Hall–Kier alpha value is -3.42. The van der Waals surface area contributed by atoms with Crippen LogP contribution in [0.15, 0.2) is 73.1 Å². The first kappa shape index (κ1) is 19.9. The van der Waals surface area contributed by atoms with Crippen molar-refractivity contribution in [3.05, 3.63) is 94.4 Å². The van der Waals surface area contributed by atoms with Crippen LogP contribution >= 0.6 is 23.2 Å². The zero-order valence-electron chi connectivity index (χ0n) is 15.5. The lowest BCUT2D eigenvalue weighted by molar-refractivity contribution is 0.102. The van der Waals surface area contributed by atoms with Gasteiger partial charge in [-0.25, -0.2) is 9.67 Å². The quantitative estimate of drug-likeness (QED) is 0.453. The molecule has 0 aliphatic rings. The number of aromatic nitrogens is 4. The number of carbonyl (C=O) groups excluding carboxylic acids is 1. The Kier molecular flexibility index (Phi) is 5.92. The van der Waals surface area contributed by atoms with Crippen molar-refractivity contribution in [3.8, 4) is 11.6 Å². The van der Waals surface area contributed by atoms with Gasteiger partial charge in [0.05, 0.1) is 23.5 Å². The first-order valence-electron chi connectivity index (χ1n) is 8.92. The monoisotopic (exact) mass is 439 g/mol. The second kappa shape index (κ2) is 8.94. The van der Waals surface area contributed by atoms with E-state index in [-0.39, 0.29) is 16.6 Å². The molecular formula is C21H15Cl2N5O2. The van der Waals surface area contributed by atoms with E-state index < -0.39 is 5.91 Å². The number of nitrogens with zero attached hydrogens (tertiary/aromatic N) is 4. The van der Waals surface area contributed by atoms with Crippen molar-refractivity contribution in [2.75, 3.05) is 5.32 Å². The van der Waals surface area contributed by atoms with Crippen LogP contribution in [0.4, 0.5) is 5.69 Å². The van der Waals surface area contributed by atoms with E-state index in [0.29, 0.717) is 23.0 Å². The summed E-state index contributed by atoms with van der Waals surface area (Å²) >= 11 is 12.0. The van der Waals surface area contributed by atoms with Crippen LogP contribution < -0.4 is 10.1 Å². The lowest BCUT2D eigenvalue weighted by Gasteiger charge is -2.11. The molecule has 0 spiro atoms. The number of hydrogen-bond donors (Lipinski definition) is 1. The topological polar surface area (TPSA) is 81.9 Å². The second-order valence-corrected chi connectivity index (χ2v) is 7.12. The van der Waals surface area contributed by atoms with E-state index in [2.05, 4.69) is 20.6 Å². The summed E-state index contributed by atoms with van der Waals surface area (Å²) in [6.07, 6.45) is 3.01. The van der Waals surface area contributed by atoms with Gasteiger partial charge in [0.15, 0.2) is 11.4 Å². The number of benzene rings is 2. The first-order valence-corrected chi connectivity index (χ1v) is 9.67. The molecule has 4 rings (SSSR count). The number of para-hydroxylation sites is 2. The summed E-state index contributed by atoms with van der Waals surface area (Å²) in [5, 5.41) is 11.4. The van der Waals surface area contributed by atoms with Crippen molar-refractivity contribution in [3.63, 3.8) is 0 Å². The smallest absolute Gasteiger partial charge is 0.277 e. The molecule has 4 aromatic rings. The van der Waals surface area contributed by atoms with Gasteiger partial charge >= 0.3 is 0 Å². The molecule has 2 aromatic heterocycles. The Morgan fingerprint density at radius 1 is 1.07 bits per heavy atom. The average Bonchev–Trinajstić information content (AvgIpc) is 3.21. The minimum absolute atomic E-state index is 0.177. The normalized spacial score (nSPS) is 10.6. The fraction of sp³-hybridized carbons (Fsp3) is 0.0476. The van der Waals surface area contributed by atoms with Gasteiger partial charge in [-0.3, -0.25) is 4.79 Å². The van der Waals surface area contributed by atoms with E-state index >= 15 is 0 Å². The molecule has 30 heavy (non-hydrogen) atoms. The zero-order chi connectivity index (χ0) is 20.9. The predicted octanol–water partition coefficient (Wildman–Crippen LogP) is 5.07. The standard InChI is InChI=1S/C21H15Cl2N5O2/c22-15-10-16(23)21(24-11-15)30-19-9-5-4-8-17(19)25-20(29)18-13-28(27-26-18)12-14-6-2-1-3-7-14/h1-11,13H,12H2,(H,25,29). The maximum Gasteiger partial charge on any atom is 0.277 e. The summed E-state index contributed by atoms with van der Waals surface area (Å²) in [6.45, 7) is 0.515. The molecule has 1 amide bonds. The van der Waals surface area contributed by atoms with Gasteiger partial charge in [-0.15, -0.1) is 5.10 Å². The number of ether oxygens (including phenoxy) is 1. The maximum absolute atomic E-state index is 12.7. The number of pyridine rings is 1. The lowest BCUT2D eigenvalue weighted by atomic mass is 10.2. The van der Waals surface area contributed by atoms with Gasteiger partial charge in [-0.1, -0.05) is 70.9 Å². The predicted molar refractivity (Wildman–Crippen MR) is 114 cm³/mol. The molecule has 9 heteroatoms. The second-order valence-electron chi connectivity index (χ2n) is 6.28. The van der Waals surface area contributed by atoms with Crippen LogP contribution in [-0.2, 0) is 6.54 Å². The summed E-state index contributed by atoms with van der Waals surface area (Å²) < 4.78 is 7.36. The highest BCUT2D eigenvalue weighted by atomic mass is 35.5. The molecular weight excluding hydrogens is 425 g/mol. The van der Waals surface area contributed by atoms with E-state index in [1.807, 2.05) is 30.3 Å². The Morgan fingerprint density at radius 2 is 1.83 bits per heavy atom. The highest BCUT2D eigenvalue weighted by molar-refractivity contribution is 6.35. The lowest BCUT2D eigenvalue weighted by Crippen LogP contribution is -2.13. The van der Waals surface area contributed by atoms with Crippen LogP contribution in [0, 0.1) is 0 Å². The van der Waals surface area contributed by atoms with Crippen molar-refractivity contribution in [2.45, 2.75) is 6.54 Å². The van der Waals surface area contributed by atoms with Crippen LogP contribution in [0.3, 0.4) is 0 Å². The van der Waals surface area contributed by atoms with Crippen LogP contribution in [0.1, 0.15) is 16.1 Å². The summed E-state index contributed by atoms with van der Waals surface area (Å²) in [4.78, 5) is 16.7. The molecule has 150 valence electrons. The van der Waals surface area contributed by atoms with E-state index in [9.17, 15) is 4.79 Å². The number of anilines is 1. The van der Waals surface area contributed by atoms with Crippen LogP contribution in [-0.4, -0.2) is 25.9 Å².